The molecule has 6 heteroatoms. The molecule has 6 nitrogen and oxygen atoms in total. The van der Waals surface area contributed by atoms with Gasteiger partial charge in [0, 0.05) is 7.05 Å². The summed E-state index contributed by atoms with van der Waals surface area (Å²) in [5, 5.41) is 3.85. The number of hydrogen-bond acceptors (Lipinski definition) is 5. The Balaban J connectivity index is 1.95. The number of carbonyl (C=O) groups is 1. The minimum absolute atomic E-state index is 0.0794. The lowest BCUT2D eigenvalue weighted by Gasteiger charge is -2.01. The van der Waals surface area contributed by atoms with E-state index in [4.69, 9.17) is 9.15 Å². The molecule has 0 unspecified atom stereocenters. The van der Waals surface area contributed by atoms with Crippen LogP contribution in [0.2, 0.25) is 0 Å². The number of aromatic nitrogens is 3. The number of nitrogens with zero attached hydrogens (tertiary/aromatic N) is 3. The molecule has 0 amide bonds. The Morgan fingerprint density at radius 3 is 3.13 bits per heavy atom. The predicted molar refractivity (Wildman–Crippen MR) is 48.8 cm³/mol. The summed E-state index contributed by atoms with van der Waals surface area (Å²) in [6.07, 6.45) is 2.81. The summed E-state index contributed by atoms with van der Waals surface area (Å²) in [7, 11) is 1.73. The Morgan fingerprint density at radius 1 is 1.67 bits per heavy atom. The second kappa shape index (κ2) is 3.95. The number of ether oxygens (including phenoxy) is 1. The van der Waals surface area contributed by atoms with Crippen molar-refractivity contribution in [1.82, 2.24) is 14.8 Å². The molecule has 0 radical (unpaired) electrons. The monoisotopic (exact) mass is 207 g/mol. The third-order valence-electron chi connectivity index (χ3n) is 1.86. The van der Waals surface area contributed by atoms with Crippen LogP contribution >= 0.6 is 0 Å². The van der Waals surface area contributed by atoms with Crippen LogP contribution in [-0.4, -0.2) is 20.7 Å². The quantitative estimate of drug-likeness (QED) is 0.695. The second-order valence-electron chi connectivity index (χ2n) is 2.85. The van der Waals surface area contributed by atoms with Crippen molar-refractivity contribution < 1.29 is 13.9 Å². The zero-order valence-corrected chi connectivity index (χ0v) is 8.08. The summed E-state index contributed by atoms with van der Waals surface area (Å²) in [6, 6.07) is 3.16. The summed E-state index contributed by atoms with van der Waals surface area (Å²) in [5.41, 5.74) is 0. The third-order valence-corrected chi connectivity index (χ3v) is 1.86. The van der Waals surface area contributed by atoms with Gasteiger partial charge in [-0.05, 0) is 12.1 Å². The molecule has 0 fully saturated rings. The molecule has 0 saturated heterocycles. The van der Waals surface area contributed by atoms with Crippen LogP contribution in [0.3, 0.4) is 0 Å². The number of esters is 1. The summed E-state index contributed by atoms with van der Waals surface area (Å²) in [5.74, 6) is 0.245. The maximum absolute atomic E-state index is 11.3. The Kier molecular flexibility index (Phi) is 2.49. The van der Waals surface area contributed by atoms with Crippen molar-refractivity contribution in [2.45, 2.75) is 6.61 Å². The van der Waals surface area contributed by atoms with Crippen LogP contribution in [-0.2, 0) is 18.4 Å². The van der Waals surface area contributed by atoms with Crippen molar-refractivity contribution >= 4 is 5.97 Å². The Morgan fingerprint density at radius 2 is 2.53 bits per heavy atom. The van der Waals surface area contributed by atoms with Crippen molar-refractivity contribution in [2.75, 3.05) is 0 Å². The molecule has 78 valence electrons. The molecule has 0 N–H and O–H groups in total. The van der Waals surface area contributed by atoms with E-state index >= 15 is 0 Å². The van der Waals surface area contributed by atoms with Gasteiger partial charge in [0.1, 0.15) is 6.33 Å². The van der Waals surface area contributed by atoms with Crippen molar-refractivity contribution in [1.29, 1.82) is 0 Å². The SMILES string of the molecule is Cn1ncnc1COC(=O)c1ccco1. The summed E-state index contributed by atoms with van der Waals surface area (Å²) in [4.78, 5) is 15.3. The number of rotatable bonds is 3. The maximum atomic E-state index is 11.3. The van der Waals surface area contributed by atoms with Crippen LogP contribution in [0, 0.1) is 0 Å². The van der Waals surface area contributed by atoms with Gasteiger partial charge in [-0.25, -0.2) is 9.78 Å². The van der Waals surface area contributed by atoms with Gasteiger partial charge in [-0.3, -0.25) is 4.68 Å². The van der Waals surface area contributed by atoms with E-state index in [0.29, 0.717) is 5.82 Å². The molecule has 0 aliphatic carbocycles. The Hall–Kier alpha value is -2.11. The largest absolute Gasteiger partial charge is 0.457 e. The molecular weight excluding hydrogens is 198 g/mol. The van der Waals surface area contributed by atoms with E-state index in [1.54, 1.807) is 19.2 Å². The fourth-order valence-electron chi connectivity index (χ4n) is 1.05. The third kappa shape index (κ3) is 2.04. The highest BCUT2D eigenvalue weighted by Gasteiger charge is 2.11. The molecule has 0 aliphatic rings. The number of furan rings is 1. The molecule has 0 saturated carbocycles. The van der Waals surface area contributed by atoms with Gasteiger partial charge in [-0.15, -0.1) is 0 Å². The first-order valence-electron chi connectivity index (χ1n) is 4.31. The van der Waals surface area contributed by atoms with Crippen LogP contribution < -0.4 is 0 Å². The normalized spacial score (nSPS) is 10.2. The highest BCUT2D eigenvalue weighted by atomic mass is 16.5. The zero-order valence-electron chi connectivity index (χ0n) is 8.08. The molecular formula is C9H9N3O3. The highest BCUT2D eigenvalue weighted by Crippen LogP contribution is 2.04. The maximum Gasteiger partial charge on any atom is 0.374 e. The number of hydrogen-bond donors (Lipinski definition) is 0. The Bertz CT molecular complexity index is 447. The topological polar surface area (TPSA) is 70.2 Å². The first-order valence-corrected chi connectivity index (χ1v) is 4.31. The van der Waals surface area contributed by atoms with Gasteiger partial charge in [-0.2, -0.15) is 5.10 Å². The average Bonchev–Trinajstić information content (AvgIpc) is 2.85. The molecule has 0 bridgehead atoms. The van der Waals surface area contributed by atoms with Crippen LogP contribution in [0.25, 0.3) is 0 Å². The molecule has 0 spiro atoms. The molecule has 2 heterocycles. The Labute approximate surface area is 85.5 Å². The number of aryl methyl sites for hydroxylation is 1. The second-order valence-corrected chi connectivity index (χ2v) is 2.85. The van der Waals surface area contributed by atoms with Gasteiger partial charge >= 0.3 is 5.97 Å². The molecule has 0 atom stereocenters. The van der Waals surface area contributed by atoms with E-state index in [2.05, 4.69) is 10.1 Å². The average molecular weight is 207 g/mol. The van der Waals surface area contributed by atoms with Crippen molar-refractivity contribution in [2.24, 2.45) is 7.05 Å². The first kappa shape index (κ1) is 9.45. The van der Waals surface area contributed by atoms with Gasteiger partial charge in [-0.1, -0.05) is 0 Å². The van der Waals surface area contributed by atoms with Crippen LogP contribution in [0.1, 0.15) is 16.4 Å². The van der Waals surface area contributed by atoms with E-state index in [9.17, 15) is 4.79 Å². The van der Waals surface area contributed by atoms with Crippen LogP contribution in [0.15, 0.2) is 29.1 Å². The van der Waals surface area contributed by atoms with Crippen LogP contribution in [0.4, 0.5) is 0 Å². The zero-order chi connectivity index (χ0) is 10.7. The van der Waals surface area contributed by atoms with E-state index < -0.39 is 5.97 Å². The molecule has 2 aromatic heterocycles. The van der Waals surface area contributed by atoms with Gasteiger partial charge in [0.2, 0.25) is 5.76 Å². The van der Waals surface area contributed by atoms with Gasteiger partial charge in [0.25, 0.3) is 0 Å². The van der Waals surface area contributed by atoms with Crippen molar-refractivity contribution in [3.05, 3.63) is 36.3 Å². The van der Waals surface area contributed by atoms with E-state index in [1.807, 2.05) is 0 Å². The standard InChI is InChI=1S/C9H9N3O3/c1-12-8(10-6-11-12)5-15-9(13)7-3-2-4-14-7/h2-4,6H,5H2,1H3. The lowest BCUT2D eigenvalue weighted by Crippen LogP contribution is -2.08. The number of carbonyl (C=O) groups excluding carboxylic acids is 1. The summed E-state index contributed by atoms with van der Waals surface area (Å²) < 4.78 is 11.4. The highest BCUT2D eigenvalue weighted by molar-refractivity contribution is 5.86. The molecule has 2 aromatic rings. The van der Waals surface area contributed by atoms with Crippen molar-refractivity contribution in [3.8, 4) is 0 Å². The minimum Gasteiger partial charge on any atom is -0.457 e. The minimum atomic E-state index is -0.511. The van der Waals surface area contributed by atoms with E-state index in [0.717, 1.165) is 0 Å². The van der Waals surface area contributed by atoms with Gasteiger partial charge in [0.15, 0.2) is 12.4 Å². The van der Waals surface area contributed by atoms with Crippen LogP contribution in [0.5, 0.6) is 0 Å². The molecule has 0 aliphatic heterocycles. The fraction of sp³-hybridized carbons (Fsp3) is 0.222. The lowest BCUT2D eigenvalue weighted by molar-refractivity contribution is 0.0421. The van der Waals surface area contributed by atoms with E-state index in [-0.39, 0.29) is 12.4 Å². The summed E-state index contributed by atoms with van der Waals surface area (Å²) >= 11 is 0. The fourth-order valence-corrected chi connectivity index (χ4v) is 1.05. The molecule has 0 aromatic carbocycles. The first-order chi connectivity index (χ1) is 7.27. The van der Waals surface area contributed by atoms with E-state index in [1.165, 1.54) is 17.3 Å². The van der Waals surface area contributed by atoms with Crippen molar-refractivity contribution in [3.63, 3.8) is 0 Å². The smallest absolute Gasteiger partial charge is 0.374 e. The summed E-state index contributed by atoms with van der Waals surface area (Å²) in [6.45, 7) is 0.0794. The molecule has 15 heavy (non-hydrogen) atoms. The van der Waals surface area contributed by atoms with Gasteiger partial charge in [0.05, 0.1) is 6.26 Å². The molecule has 2 rings (SSSR count). The predicted octanol–water partition coefficient (Wildman–Crippen LogP) is 0.765. The van der Waals surface area contributed by atoms with Gasteiger partial charge < -0.3 is 9.15 Å². The lowest BCUT2D eigenvalue weighted by atomic mass is 10.4.